The van der Waals surface area contributed by atoms with Crippen molar-refractivity contribution in [2.24, 2.45) is 0 Å². The summed E-state index contributed by atoms with van der Waals surface area (Å²) in [6.45, 7) is 0. The molecule has 3 nitrogen and oxygen atoms in total. The molecule has 0 aliphatic rings. The quantitative estimate of drug-likeness (QED) is 0.514. The number of hydrogen-bond donors (Lipinski definition) is 1. The van der Waals surface area contributed by atoms with E-state index in [0.29, 0.717) is 0 Å². The minimum Gasteiger partial charge on any atom is -0.282 e. The SMILES string of the molecule is O=S(=O)(O)C=CF. The Kier molecular flexibility index (Phi) is 1.91. The fourth-order valence-electron chi connectivity index (χ4n) is 0.0650. The third-order valence-electron chi connectivity index (χ3n) is 0.223. The lowest BCUT2D eigenvalue weighted by Gasteiger charge is -1.74. The van der Waals surface area contributed by atoms with Gasteiger partial charge in [0.05, 0.1) is 5.41 Å². The molecule has 0 aliphatic carbocycles. The zero-order valence-electron chi connectivity index (χ0n) is 3.20. The third kappa shape index (κ3) is 5.58. The van der Waals surface area contributed by atoms with Crippen LogP contribution in [0.2, 0.25) is 0 Å². The molecule has 0 aromatic rings. The summed E-state index contributed by atoms with van der Waals surface area (Å²) in [5.74, 6) is 0. The van der Waals surface area contributed by atoms with Gasteiger partial charge in [-0.25, -0.2) is 4.39 Å². The van der Waals surface area contributed by atoms with Gasteiger partial charge >= 0.3 is 0 Å². The summed E-state index contributed by atoms with van der Waals surface area (Å²) in [5.41, 5.74) is 0. The smallest absolute Gasteiger partial charge is 0.282 e. The molecule has 42 valence electrons. The lowest BCUT2D eigenvalue weighted by molar-refractivity contribution is 0.493. The maximum atomic E-state index is 10.8. The monoisotopic (exact) mass is 126 g/mol. The van der Waals surface area contributed by atoms with Crippen LogP contribution in [0.5, 0.6) is 0 Å². The van der Waals surface area contributed by atoms with Crippen LogP contribution in [0.3, 0.4) is 0 Å². The molecule has 7 heavy (non-hydrogen) atoms. The highest BCUT2D eigenvalue weighted by atomic mass is 32.2. The highest BCUT2D eigenvalue weighted by Gasteiger charge is 1.91. The van der Waals surface area contributed by atoms with E-state index < -0.39 is 10.1 Å². The summed E-state index contributed by atoms with van der Waals surface area (Å²) in [5, 5.41) is 0.0486. The van der Waals surface area contributed by atoms with Crippen LogP contribution in [-0.4, -0.2) is 13.0 Å². The Balaban J connectivity index is 4.13. The Labute approximate surface area is 40.2 Å². The second-order valence-electron chi connectivity index (χ2n) is 0.777. The van der Waals surface area contributed by atoms with E-state index in [9.17, 15) is 12.8 Å². The van der Waals surface area contributed by atoms with Crippen molar-refractivity contribution in [3.8, 4) is 0 Å². The molecule has 0 saturated carbocycles. The van der Waals surface area contributed by atoms with Crippen LogP contribution in [-0.2, 0) is 10.1 Å². The molecule has 0 aromatic carbocycles. The molecule has 0 atom stereocenters. The van der Waals surface area contributed by atoms with Crippen LogP contribution in [0, 0.1) is 0 Å². The van der Waals surface area contributed by atoms with Gasteiger partial charge in [-0.1, -0.05) is 0 Å². The van der Waals surface area contributed by atoms with Gasteiger partial charge in [-0.3, -0.25) is 4.55 Å². The van der Waals surface area contributed by atoms with Gasteiger partial charge in [-0.15, -0.1) is 0 Å². The van der Waals surface area contributed by atoms with E-state index in [1.54, 1.807) is 0 Å². The molecule has 0 bridgehead atoms. The van der Waals surface area contributed by atoms with E-state index in [0.717, 1.165) is 0 Å². The van der Waals surface area contributed by atoms with Gasteiger partial charge in [-0.05, 0) is 0 Å². The molecule has 1 N–H and O–H groups in total. The minimum atomic E-state index is -4.23. The van der Waals surface area contributed by atoms with Crippen molar-refractivity contribution < 1.29 is 17.4 Å². The Bertz CT molecular complexity index is 156. The fourth-order valence-corrected chi connectivity index (χ4v) is 0.195. The van der Waals surface area contributed by atoms with Crippen molar-refractivity contribution in [2.45, 2.75) is 0 Å². The highest BCUT2D eigenvalue weighted by Crippen LogP contribution is 1.82. The Hall–Kier alpha value is -0.420. The molecule has 0 radical (unpaired) electrons. The van der Waals surface area contributed by atoms with Crippen LogP contribution >= 0.6 is 0 Å². The molecular formula is C2H3FO3S. The van der Waals surface area contributed by atoms with Crippen LogP contribution < -0.4 is 0 Å². The summed E-state index contributed by atoms with van der Waals surface area (Å²) >= 11 is 0. The van der Waals surface area contributed by atoms with Gasteiger partial charge in [0.1, 0.15) is 6.33 Å². The maximum absolute atomic E-state index is 10.8. The van der Waals surface area contributed by atoms with E-state index in [2.05, 4.69) is 0 Å². The molecule has 0 amide bonds. The second kappa shape index (κ2) is 2.04. The molecular weight excluding hydrogens is 123 g/mol. The van der Waals surface area contributed by atoms with Crippen molar-refractivity contribution in [3.63, 3.8) is 0 Å². The highest BCUT2D eigenvalue weighted by molar-refractivity contribution is 7.88. The van der Waals surface area contributed by atoms with Crippen molar-refractivity contribution in [2.75, 3.05) is 0 Å². The zero-order chi connectivity index (χ0) is 5.91. The van der Waals surface area contributed by atoms with Crippen LogP contribution in [0.1, 0.15) is 0 Å². The Morgan fingerprint density at radius 3 is 2.00 bits per heavy atom. The van der Waals surface area contributed by atoms with E-state index in [1.165, 1.54) is 0 Å². The average molecular weight is 126 g/mol. The molecule has 0 rings (SSSR count). The maximum Gasteiger partial charge on any atom is 0.289 e. The summed E-state index contributed by atoms with van der Waals surface area (Å²) in [4.78, 5) is 0. The predicted molar refractivity (Wildman–Crippen MR) is 21.8 cm³/mol. The second-order valence-corrected chi connectivity index (χ2v) is 2.08. The van der Waals surface area contributed by atoms with Gasteiger partial charge in [0.25, 0.3) is 10.1 Å². The van der Waals surface area contributed by atoms with Gasteiger partial charge < -0.3 is 0 Å². The molecule has 0 fully saturated rings. The molecule has 0 heterocycles. The lowest BCUT2D eigenvalue weighted by Crippen LogP contribution is -1.87. The minimum absolute atomic E-state index is 0.0486. The van der Waals surface area contributed by atoms with E-state index in [4.69, 9.17) is 4.55 Å². The number of hydrogen-bond acceptors (Lipinski definition) is 2. The summed E-state index contributed by atoms with van der Waals surface area (Å²) in [6, 6.07) is 0. The third-order valence-corrected chi connectivity index (χ3v) is 0.670. The molecule has 0 spiro atoms. The van der Waals surface area contributed by atoms with Crippen molar-refractivity contribution >= 4 is 10.1 Å². The number of halogens is 1. The van der Waals surface area contributed by atoms with Gasteiger partial charge in [-0.2, -0.15) is 8.42 Å². The predicted octanol–water partition coefficient (Wildman–Crippen LogP) is 0.315. The van der Waals surface area contributed by atoms with Gasteiger partial charge in [0, 0.05) is 0 Å². The first kappa shape index (κ1) is 6.58. The summed E-state index contributed by atoms with van der Waals surface area (Å²) < 4.78 is 37.4. The first-order valence-electron chi connectivity index (χ1n) is 1.30. The molecule has 0 saturated heterocycles. The first-order chi connectivity index (χ1) is 3.06. The summed E-state index contributed by atoms with van der Waals surface area (Å²) in [7, 11) is -4.23. The van der Waals surface area contributed by atoms with Crippen molar-refractivity contribution in [3.05, 3.63) is 11.7 Å². The molecule has 0 unspecified atom stereocenters. The van der Waals surface area contributed by atoms with Crippen molar-refractivity contribution in [1.29, 1.82) is 0 Å². The van der Waals surface area contributed by atoms with E-state index in [1.807, 2.05) is 0 Å². The Morgan fingerprint density at radius 2 is 2.00 bits per heavy atom. The average Bonchev–Trinajstić information content (AvgIpc) is 1.30. The molecule has 0 aromatic heterocycles. The molecule has 0 aliphatic heterocycles. The van der Waals surface area contributed by atoms with Gasteiger partial charge in [0.15, 0.2) is 0 Å². The first-order valence-corrected chi connectivity index (χ1v) is 2.81. The summed E-state index contributed by atoms with van der Waals surface area (Å²) in [6.07, 6.45) is -0.255. The topological polar surface area (TPSA) is 54.4 Å². The number of rotatable bonds is 1. The Morgan fingerprint density at radius 1 is 1.57 bits per heavy atom. The largest absolute Gasteiger partial charge is 0.289 e. The van der Waals surface area contributed by atoms with Crippen LogP contribution in [0.25, 0.3) is 0 Å². The van der Waals surface area contributed by atoms with Gasteiger partial charge in [0.2, 0.25) is 0 Å². The fraction of sp³-hybridized carbons (Fsp3) is 0. The van der Waals surface area contributed by atoms with Crippen LogP contribution in [0.15, 0.2) is 11.7 Å². The van der Waals surface area contributed by atoms with E-state index >= 15 is 0 Å². The lowest BCUT2D eigenvalue weighted by atomic mass is 11.2. The van der Waals surface area contributed by atoms with Crippen molar-refractivity contribution in [1.82, 2.24) is 0 Å². The normalized spacial score (nSPS) is 12.9. The molecule has 5 heteroatoms. The standard InChI is InChI=1S/C2H3FO3S/c3-1-2-7(4,5)6/h1-2H,(H,4,5,6). The van der Waals surface area contributed by atoms with E-state index in [-0.39, 0.29) is 11.7 Å². The zero-order valence-corrected chi connectivity index (χ0v) is 4.02. The van der Waals surface area contributed by atoms with Crippen LogP contribution in [0.4, 0.5) is 4.39 Å².